The highest BCUT2D eigenvalue weighted by atomic mass is 19.4. The second-order valence-electron chi connectivity index (χ2n) is 5.50. The van der Waals surface area contributed by atoms with Crippen LogP contribution in [-0.2, 0) is 4.79 Å². The van der Waals surface area contributed by atoms with Gasteiger partial charge in [-0.1, -0.05) is 6.92 Å². The molecule has 0 radical (unpaired) electrons. The van der Waals surface area contributed by atoms with Crippen molar-refractivity contribution >= 4 is 11.9 Å². The summed E-state index contributed by atoms with van der Waals surface area (Å²) in [6.07, 6.45) is -3.19. The minimum Gasteiger partial charge on any atom is -0.481 e. The first-order valence-corrected chi connectivity index (χ1v) is 7.07. The zero-order chi connectivity index (χ0) is 17.2. The quantitative estimate of drug-likeness (QED) is 0.870. The highest BCUT2D eigenvalue weighted by Crippen LogP contribution is 2.30. The van der Waals surface area contributed by atoms with E-state index < -0.39 is 24.0 Å². The van der Waals surface area contributed by atoms with E-state index in [0.717, 1.165) is 25.0 Å². The number of carboxylic acids is 1. The van der Waals surface area contributed by atoms with Crippen LogP contribution in [0.3, 0.4) is 0 Å². The van der Waals surface area contributed by atoms with Crippen LogP contribution in [0.1, 0.15) is 30.1 Å². The van der Waals surface area contributed by atoms with Crippen molar-refractivity contribution in [1.82, 2.24) is 4.90 Å². The van der Waals surface area contributed by atoms with E-state index in [9.17, 15) is 22.8 Å². The molecule has 1 aliphatic rings. The summed E-state index contributed by atoms with van der Waals surface area (Å²) in [5.74, 6) is -2.52. The lowest BCUT2D eigenvalue weighted by Crippen LogP contribution is -2.38. The Bertz CT molecular complexity index is 581. The van der Waals surface area contributed by atoms with Crippen LogP contribution in [0.4, 0.5) is 13.2 Å². The van der Waals surface area contributed by atoms with Crippen molar-refractivity contribution in [1.29, 1.82) is 0 Å². The maximum Gasteiger partial charge on any atom is 0.573 e. The summed E-state index contributed by atoms with van der Waals surface area (Å²) in [5.41, 5.74) is 0.198. The first kappa shape index (κ1) is 17.1. The highest BCUT2D eigenvalue weighted by Gasteiger charge is 2.35. The zero-order valence-electron chi connectivity index (χ0n) is 12.3. The van der Waals surface area contributed by atoms with E-state index in [1.165, 1.54) is 24.0 Å². The molecule has 5 nitrogen and oxygen atoms in total. The van der Waals surface area contributed by atoms with Gasteiger partial charge < -0.3 is 14.7 Å². The van der Waals surface area contributed by atoms with Crippen LogP contribution in [0.5, 0.6) is 5.75 Å². The van der Waals surface area contributed by atoms with Crippen molar-refractivity contribution in [2.45, 2.75) is 32.2 Å². The van der Waals surface area contributed by atoms with Gasteiger partial charge in [0.2, 0.25) is 0 Å². The SMILES string of the molecule is CC(CN(C(=O)c1ccc(OC(F)(F)F)cc1)C1CC1)C(=O)O. The van der Waals surface area contributed by atoms with E-state index in [4.69, 9.17) is 5.11 Å². The first-order chi connectivity index (χ1) is 10.7. The zero-order valence-corrected chi connectivity index (χ0v) is 12.3. The molecule has 0 heterocycles. The Morgan fingerprint density at radius 3 is 2.30 bits per heavy atom. The molecule has 23 heavy (non-hydrogen) atoms. The molecule has 0 aromatic heterocycles. The Hall–Kier alpha value is -2.25. The van der Waals surface area contributed by atoms with Gasteiger partial charge in [-0.05, 0) is 37.1 Å². The van der Waals surface area contributed by atoms with Gasteiger partial charge in [-0.15, -0.1) is 13.2 Å². The maximum absolute atomic E-state index is 12.5. The molecule has 0 spiro atoms. The van der Waals surface area contributed by atoms with E-state index in [-0.39, 0.29) is 24.1 Å². The number of hydrogen-bond donors (Lipinski definition) is 1. The largest absolute Gasteiger partial charge is 0.573 e. The predicted octanol–water partition coefficient (Wildman–Crippen LogP) is 2.91. The van der Waals surface area contributed by atoms with Crippen molar-refractivity contribution in [3.8, 4) is 5.75 Å². The Morgan fingerprint density at radius 1 is 1.30 bits per heavy atom. The van der Waals surface area contributed by atoms with Crippen LogP contribution in [-0.4, -0.2) is 40.8 Å². The number of nitrogens with zero attached hydrogens (tertiary/aromatic N) is 1. The minimum absolute atomic E-state index is 0.00426. The molecular formula is C15H16F3NO4. The van der Waals surface area contributed by atoms with Crippen LogP contribution in [0.25, 0.3) is 0 Å². The number of halogens is 3. The lowest BCUT2D eigenvalue weighted by molar-refractivity contribution is -0.274. The van der Waals surface area contributed by atoms with Gasteiger partial charge in [-0.2, -0.15) is 0 Å². The first-order valence-electron chi connectivity index (χ1n) is 7.07. The molecule has 126 valence electrons. The third kappa shape index (κ3) is 4.87. The molecule has 1 aromatic rings. The fourth-order valence-corrected chi connectivity index (χ4v) is 2.12. The Balaban J connectivity index is 2.09. The van der Waals surface area contributed by atoms with Crippen LogP contribution < -0.4 is 4.74 Å². The summed E-state index contributed by atoms with van der Waals surface area (Å²) >= 11 is 0. The van der Waals surface area contributed by atoms with Crippen LogP contribution in [0.15, 0.2) is 24.3 Å². The van der Waals surface area contributed by atoms with Crippen molar-refractivity contribution in [2.24, 2.45) is 5.92 Å². The number of carbonyl (C=O) groups excluding carboxylic acids is 1. The van der Waals surface area contributed by atoms with Gasteiger partial charge in [0, 0.05) is 18.2 Å². The number of rotatable bonds is 6. The number of hydrogen-bond acceptors (Lipinski definition) is 3. The van der Waals surface area contributed by atoms with E-state index in [1.54, 1.807) is 0 Å². The number of alkyl halides is 3. The smallest absolute Gasteiger partial charge is 0.481 e. The highest BCUT2D eigenvalue weighted by molar-refractivity contribution is 5.95. The summed E-state index contributed by atoms with van der Waals surface area (Å²) in [7, 11) is 0. The lowest BCUT2D eigenvalue weighted by Gasteiger charge is -2.24. The molecule has 2 rings (SSSR count). The number of amides is 1. The van der Waals surface area contributed by atoms with Gasteiger partial charge in [0.15, 0.2) is 0 Å². The van der Waals surface area contributed by atoms with E-state index >= 15 is 0 Å². The number of carbonyl (C=O) groups is 2. The topological polar surface area (TPSA) is 66.8 Å². The summed E-state index contributed by atoms with van der Waals surface area (Å²) in [5, 5.41) is 8.97. The number of carboxylic acid groups (broad SMARTS) is 1. The normalized spacial score (nSPS) is 15.8. The van der Waals surface area contributed by atoms with Crippen molar-refractivity contribution < 1.29 is 32.6 Å². The lowest BCUT2D eigenvalue weighted by atomic mass is 10.1. The number of ether oxygens (including phenoxy) is 1. The second-order valence-corrected chi connectivity index (χ2v) is 5.50. The molecule has 1 amide bonds. The van der Waals surface area contributed by atoms with Gasteiger partial charge in [0.25, 0.3) is 5.91 Å². The fourth-order valence-electron chi connectivity index (χ4n) is 2.12. The fraction of sp³-hybridized carbons (Fsp3) is 0.467. The van der Waals surface area contributed by atoms with Gasteiger partial charge in [0.1, 0.15) is 5.75 Å². The summed E-state index contributed by atoms with van der Waals surface area (Å²) in [6.45, 7) is 1.57. The molecule has 1 unspecified atom stereocenters. The molecule has 0 bridgehead atoms. The third-order valence-electron chi connectivity index (χ3n) is 3.48. The van der Waals surface area contributed by atoms with Gasteiger partial charge in [-0.25, -0.2) is 0 Å². The van der Waals surface area contributed by atoms with Gasteiger partial charge in [-0.3, -0.25) is 9.59 Å². The minimum atomic E-state index is -4.79. The molecule has 1 aliphatic carbocycles. The van der Waals surface area contributed by atoms with Crippen LogP contribution in [0, 0.1) is 5.92 Å². The number of benzene rings is 1. The predicted molar refractivity (Wildman–Crippen MR) is 74.0 cm³/mol. The van der Waals surface area contributed by atoms with E-state index in [2.05, 4.69) is 4.74 Å². The molecule has 1 fully saturated rings. The Kier molecular flexibility index (Phi) is 4.82. The molecule has 1 saturated carbocycles. The molecule has 0 aliphatic heterocycles. The summed E-state index contributed by atoms with van der Waals surface area (Å²) < 4.78 is 40.1. The Morgan fingerprint density at radius 2 is 1.87 bits per heavy atom. The number of aliphatic carboxylic acids is 1. The summed E-state index contributed by atoms with van der Waals surface area (Å²) in [4.78, 5) is 24.9. The van der Waals surface area contributed by atoms with Gasteiger partial charge in [0.05, 0.1) is 5.92 Å². The standard InChI is InChI=1S/C15H16F3NO4/c1-9(14(21)22)8-19(11-4-5-11)13(20)10-2-6-12(7-3-10)23-15(16,17)18/h2-3,6-7,9,11H,4-5,8H2,1H3,(H,21,22). The monoisotopic (exact) mass is 331 g/mol. The second kappa shape index (κ2) is 6.47. The van der Waals surface area contributed by atoms with Crippen molar-refractivity contribution in [3.63, 3.8) is 0 Å². The van der Waals surface area contributed by atoms with Crippen LogP contribution in [0.2, 0.25) is 0 Å². The van der Waals surface area contributed by atoms with Crippen LogP contribution >= 0.6 is 0 Å². The van der Waals surface area contributed by atoms with Crippen molar-refractivity contribution in [3.05, 3.63) is 29.8 Å². The maximum atomic E-state index is 12.5. The molecule has 1 N–H and O–H groups in total. The van der Waals surface area contributed by atoms with E-state index in [1.807, 2.05) is 0 Å². The molecular weight excluding hydrogens is 315 g/mol. The molecule has 1 aromatic carbocycles. The molecule has 0 saturated heterocycles. The van der Waals surface area contributed by atoms with Gasteiger partial charge >= 0.3 is 12.3 Å². The summed E-state index contributed by atoms with van der Waals surface area (Å²) in [6, 6.07) is 4.60. The van der Waals surface area contributed by atoms with E-state index in [0.29, 0.717) is 0 Å². The Labute approximate surface area is 130 Å². The average Bonchev–Trinajstić information content (AvgIpc) is 3.27. The molecule has 8 heteroatoms. The third-order valence-corrected chi connectivity index (χ3v) is 3.48. The molecule has 1 atom stereocenters. The average molecular weight is 331 g/mol. The van der Waals surface area contributed by atoms with Crippen molar-refractivity contribution in [2.75, 3.05) is 6.54 Å².